The number of benzene rings is 2. The lowest BCUT2D eigenvalue weighted by molar-refractivity contribution is -0.130. The van der Waals surface area contributed by atoms with E-state index in [2.05, 4.69) is 0 Å². The highest BCUT2D eigenvalue weighted by Gasteiger charge is 2.22. The number of hydrogen-bond acceptors (Lipinski definition) is 4. The number of rotatable bonds is 2. The summed E-state index contributed by atoms with van der Waals surface area (Å²) >= 11 is 5.87. The Kier molecular flexibility index (Phi) is 3.32. The van der Waals surface area contributed by atoms with Crippen LogP contribution in [0.5, 0.6) is 11.5 Å². The van der Waals surface area contributed by atoms with Crippen molar-refractivity contribution < 1.29 is 19.0 Å². The van der Waals surface area contributed by atoms with E-state index >= 15 is 0 Å². The van der Waals surface area contributed by atoms with Crippen LogP contribution in [-0.2, 0) is 9.53 Å². The summed E-state index contributed by atoms with van der Waals surface area (Å²) in [6.07, 6.45) is 3.48. The largest absolute Gasteiger partial charge is 0.454 e. The molecular weight excluding hydrogens is 316 g/mol. The van der Waals surface area contributed by atoms with Crippen LogP contribution in [0.3, 0.4) is 0 Å². The van der Waals surface area contributed by atoms with Crippen LogP contribution in [0.4, 0.5) is 0 Å². The van der Waals surface area contributed by atoms with E-state index in [0.29, 0.717) is 27.9 Å². The van der Waals surface area contributed by atoms with Crippen molar-refractivity contribution in [2.45, 2.75) is 0 Å². The first-order valence-electron chi connectivity index (χ1n) is 7.00. The predicted molar refractivity (Wildman–Crippen MR) is 86.1 cm³/mol. The van der Waals surface area contributed by atoms with E-state index in [1.54, 1.807) is 24.3 Å². The average molecular weight is 327 g/mol. The Morgan fingerprint density at radius 1 is 1.00 bits per heavy atom. The van der Waals surface area contributed by atoms with Crippen molar-refractivity contribution in [1.29, 1.82) is 0 Å². The van der Waals surface area contributed by atoms with E-state index in [9.17, 15) is 4.79 Å². The smallest absolute Gasteiger partial charge is 0.343 e. The zero-order chi connectivity index (χ0) is 15.8. The lowest BCUT2D eigenvalue weighted by Gasteiger charge is -2.01. The van der Waals surface area contributed by atoms with Crippen molar-refractivity contribution in [3.8, 4) is 11.5 Å². The van der Waals surface area contributed by atoms with Gasteiger partial charge in [-0.3, -0.25) is 0 Å². The van der Waals surface area contributed by atoms with Gasteiger partial charge in [0.2, 0.25) is 6.79 Å². The van der Waals surface area contributed by atoms with Crippen LogP contribution in [0.15, 0.2) is 54.1 Å². The maximum Gasteiger partial charge on any atom is 0.343 e. The summed E-state index contributed by atoms with van der Waals surface area (Å²) in [5, 5.41) is 0.634. The Hall–Kier alpha value is -2.72. The Morgan fingerprint density at radius 3 is 2.61 bits per heavy atom. The number of fused-ring (bicyclic) bond motifs is 1. The SMILES string of the molecule is O=C1OC(c2ccc(Cl)cc2)=C/C1=C/c1ccc2c(c1)OCO2. The van der Waals surface area contributed by atoms with Gasteiger partial charge in [0.15, 0.2) is 11.5 Å². The molecule has 0 aromatic heterocycles. The summed E-state index contributed by atoms with van der Waals surface area (Å²) in [7, 11) is 0. The molecule has 0 amide bonds. The molecule has 0 saturated carbocycles. The number of carbonyl (C=O) groups excluding carboxylic acids is 1. The summed E-state index contributed by atoms with van der Waals surface area (Å²) in [5.41, 5.74) is 2.13. The molecule has 2 aromatic carbocycles. The highest BCUT2D eigenvalue weighted by molar-refractivity contribution is 6.30. The Balaban J connectivity index is 1.65. The standard InChI is InChI=1S/C18H11ClO4/c19-14-4-2-12(3-5-14)16-9-13(18(20)23-16)7-11-1-6-15-17(8-11)22-10-21-15/h1-9H,10H2/b13-7-. The topological polar surface area (TPSA) is 44.8 Å². The molecule has 0 spiro atoms. The van der Waals surface area contributed by atoms with E-state index in [4.69, 9.17) is 25.8 Å². The average Bonchev–Trinajstić information content (AvgIpc) is 3.15. The highest BCUT2D eigenvalue weighted by Crippen LogP contribution is 2.34. The van der Waals surface area contributed by atoms with Crippen LogP contribution in [-0.4, -0.2) is 12.8 Å². The van der Waals surface area contributed by atoms with Gasteiger partial charge < -0.3 is 14.2 Å². The van der Waals surface area contributed by atoms with E-state index < -0.39 is 0 Å². The molecule has 114 valence electrons. The number of esters is 1. The molecule has 0 bridgehead atoms. The third-order valence-corrected chi connectivity index (χ3v) is 3.82. The van der Waals surface area contributed by atoms with E-state index in [1.165, 1.54) is 0 Å². The lowest BCUT2D eigenvalue weighted by atomic mass is 10.1. The van der Waals surface area contributed by atoms with Gasteiger partial charge in [-0.05, 0) is 54.1 Å². The van der Waals surface area contributed by atoms with Gasteiger partial charge in [0.1, 0.15) is 5.76 Å². The lowest BCUT2D eigenvalue weighted by Crippen LogP contribution is -1.97. The molecule has 4 nitrogen and oxygen atoms in total. The van der Waals surface area contributed by atoms with Crippen molar-refractivity contribution >= 4 is 29.4 Å². The van der Waals surface area contributed by atoms with E-state index in [1.807, 2.05) is 30.3 Å². The highest BCUT2D eigenvalue weighted by atomic mass is 35.5. The minimum absolute atomic E-state index is 0.220. The van der Waals surface area contributed by atoms with Gasteiger partial charge in [-0.2, -0.15) is 0 Å². The van der Waals surface area contributed by atoms with E-state index in [0.717, 1.165) is 11.1 Å². The minimum atomic E-state index is -0.382. The van der Waals surface area contributed by atoms with Gasteiger partial charge in [-0.25, -0.2) is 4.79 Å². The molecule has 0 aliphatic carbocycles. The summed E-state index contributed by atoms with van der Waals surface area (Å²) in [5.74, 6) is 1.51. The van der Waals surface area contributed by atoms with Crippen LogP contribution >= 0.6 is 11.6 Å². The van der Waals surface area contributed by atoms with Crippen molar-refractivity contribution in [1.82, 2.24) is 0 Å². The molecule has 23 heavy (non-hydrogen) atoms. The van der Waals surface area contributed by atoms with Crippen molar-refractivity contribution in [2.24, 2.45) is 0 Å². The second kappa shape index (κ2) is 5.48. The van der Waals surface area contributed by atoms with Gasteiger partial charge in [-0.15, -0.1) is 0 Å². The fourth-order valence-corrected chi connectivity index (χ4v) is 2.55. The number of halogens is 1. The zero-order valence-corrected chi connectivity index (χ0v) is 12.7. The predicted octanol–water partition coefficient (Wildman–Crippen LogP) is 4.05. The molecule has 0 N–H and O–H groups in total. The molecule has 0 radical (unpaired) electrons. The second-order valence-corrected chi connectivity index (χ2v) is 5.55. The number of ether oxygens (including phenoxy) is 3. The number of hydrogen-bond donors (Lipinski definition) is 0. The molecule has 0 atom stereocenters. The molecule has 4 rings (SSSR count). The fraction of sp³-hybridized carbons (Fsp3) is 0.0556. The van der Waals surface area contributed by atoms with Crippen molar-refractivity contribution in [3.63, 3.8) is 0 Å². The molecule has 2 aromatic rings. The summed E-state index contributed by atoms with van der Waals surface area (Å²) in [4.78, 5) is 12.0. The Morgan fingerprint density at radius 2 is 1.78 bits per heavy atom. The zero-order valence-electron chi connectivity index (χ0n) is 11.9. The summed E-state index contributed by atoms with van der Waals surface area (Å²) < 4.78 is 15.9. The maximum absolute atomic E-state index is 12.0. The number of carbonyl (C=O) groups is 1. The third kappa shape index (κ3) is 2.69. The van der Waals surface area contributed by atoms with Gasteiger partial charge in [0, 0.05) is 10.6 Å². The second-order valence-electron chi connectivity index (χ2n) is 5.12. The molecule has 2 aliphatic rings. The quantitative estimate of drug-likeness (QED) is 0.617. The minimum Gasteiger partial charge on any atom is -0.454 e. The van der Waals surface area contributed by atoms with Gasteiger partial charge in [-0.1, -0.05) is 17.7 Å². The van der Waals surface area contributed by atoms with Gasteiger partial charge in [0.25, 0.3) is 0 Å². The summed E-state index contributed by atoms with van der Waals surface area (Å²) in [6, 6.07) is 12.6. The van der Waals surface area contributed by atoms with Crippen molar-refractivity contribution in [3.05, 3.63) is 70.3 Å². The first kappa shape index (κ1) is 13.9. The van der Waals surface area contributed by atoms with Crippen molar-refractivity contribution in [2.75, 3.05) is 6.79 Å². The van der Waals surface area contributed by atoms with Crippen LogP contribution in [0.1, 0.15) is 11.1 Å². The first-order valence-corrected chi connectivity index (χ1v) is 7.38. The van der Waals surface area contributed by atoms with Crippen LogP contribution in [0.2, 0.25) is 5.02 Å². The monoisotopic (exact) mass is 326 g/mol. The normalized spacial score (nSPS) is 17.3. The van der Waals surface area contributed by atoms with Gasteiger partial charge >= 0.3 is 5.97 Å². The summed E-state index contributed by atoms with van der Waals surface area (Å²) in [6.45, 7) is 0.220. The number of cyclic esters (lactones) is 1. The maximum atomic E-state index is 12.0. The molecule has 5 heteroatoms. The Bertz CT molecular complexity index is 850. The molecule has 2 heterocycles. The molecular formula is C18H11ClO4. The molecule has 0 fully saturated rings. The molecule has 0 saturated heterocycles. The van der Waals surface area contributed by atoms with E-state index in [-0.39, 0.29) is 12.8 Å². The van der Waals surface area contributed by atoms with Crippen LogP contribution < -0.4 is 9.47 Å². The fourth-order valence-electron chi connectivity index (χ4n) is 2.43. The Labute approximate surface area is 137 Å². The molecule has 2 aliphatic heterocycles. The van der Waals surface area contributed by atoms with Gasteiger partial charge in [0.05, 0.1) is 5.57 Å². The first-order chi connectivity index (χ1) is 11.2. The van der Waals surface area contributed by atoms with Crippen LogP contribution in [0, 0.1) is 0 Å². The van der Waals surface area contributed by atoms with Crippen LogP contribution in [0.25, 0.3) is 11.8 Å². The molecule has 0 unspecified atom stereocenters. The third-order valence-electron chi connectivity index (χ3n) is 3.57.